The first-order valence-corrected chi connectivity index (χ1v) is 11.5. The number of rotatable bonds is 7. The normalized spacial score (nSPS) is 17.9. The quantitative estimate of drug-likeness (QED) is 0.502. The van der Waals surface area contributed by atoms with E-state index in [1.165, 1.54) is 10.9 Å². The van der Waals surface area contributed by atoms with Gasteiger partial charge in [0.25, 0.3) is 5.56 Å². The van der Waals surface area contributed by atoms with Gasteiger partial charge in [-0.25, -0.2) is 4.98 Å². The molecule has 1 aliphatic heterocycles. The number of amides is 1. The molecular weight excluding hydrogens is 414 g/mol. The molecule has 1 fully saturated rings. The number of hydrogen-bond acceptors (Lipinski definition) is 6. The van der Waals surface area contributed by atoms with Gasteiger partial charge in [0.15, 0.2) is 0 Å². The molecule has 168 valence electrons. The average Bonchev–Trinajstić information content (AvgIpc) is 2.74. The number of thioether (sulfide) groups is 1. The zero-order chi connectivity index (χ0) is 22.6. The number of nitrogens with zero attached hydrogens (tertiary/aromatic N) is 3. The molecule has 0 spiro atoms. The predicted molar refractivity (Wildman–Crippen MR) is 121 cm³/mol. The lowest BCUT2D eigenvalue weighted by Crippen LogP contribution is -2.50. The standard InChI is InChI=1S/C23H31N3O4S/c1-16(19-7-5-4-6-8-19)13-20(28)25-11-9-23(30,10-12-25)14-26-15-24-17(2)21(22(26)29)31-18(3)27/h4-8,15-16,18,27,30H,9-14H2,1-3H3/t16-,18?/m1/s1. The summed E-state index contributed by atoms with van der Waals surface area (Å²) >= 11 is 1.06. The maximum atomic E-state index is 12.8. The van der Waals surface area contributed by atoms with Crippen molar-refractivity contribution in [1.82, 2.24) is 14.5 Å². The van der Waals surface area contributed by atoms with Crippen LogP contribution in [0.25, 0.3) is 0 Å². The highest BCUT2D eigenvalue weighted by Crippen LogP contribution is 2.27. The average molecular weight is 446 g/mol. The molecule has 0 saturated carbocycles. The second-order valence-electron chi connectivity index (χ2n) is 8.43. The SMILES string of the molecule is Cc1ncn(CC2(O)CCN(C(=O)C[C@@H](C)c3ccccc3)CC2)c(=O)c1SC(C)O. The fraction of sp³-hybridized carbons (Fsp3) is 0.522. The first-order valence-electron chi connectivity index (χ1n) is 10.6. The third kappa shape index (κ3) is 5.96. The fourth-order valence-corrected chi connectivity index (χ4v) is 4.69. The van der Waals surface area contributed by atoms with Crippen molar-refractivity contribution in [2.75, 3.05) is 13.1 Å². The molecule has 8 heteroatoms. The van der Waals surface area contributed by atoms with Crippen LogP contribution >= 0.6 is 11.8 Å². The van der Waals surface area contributed by atoms with Crippen LogP contribution in [0.15, 0.2) is 46.3 Å². The van der Waals surface area contributed by atoms with E-state index in [0.29, 0.717) is 42.9 Å². The molecule has 1 aromatic heterocycles. The Labute approximate surface area is 187 Å². The Morgan fingerprint density at radius 1 is 1.23 bits per heavy atom. The van der Waals surface area contributed by atoms with Crippen LogP contribution in [0.4, 0.5) is 0 Å². The summed E-state index contributed by atoms with van der Waals surface area (Å²) in [7, 11) is 0. The highest BCUT2D eigenvalue weighted by Gasteiger charge is 2.35. The van der Waals surface area contributed by atoms with Crippen molar-refractivity contribution in [1.29, 1.82) is 0 Å². The van der Waals surface area contributed by atoms with Crippen LogP contribution in [0.3, 0.4) is 0 Å². The Kier molecular flexibility index (Phi) is 7.56. The Morgan fingerprint density at radius 2 is 1.87 bits per heavy atom. The summed E-state index contributed by atoms with van der Waals surface area (Å²) in [5.74, 6) is 0.222. The van der Waals surface area contributed by atoms with Crippen LogP contribution < -0.4 is 5.56 Å². The van der Waals surface area contributed by atoms with Gasteiger partial charge in [-0.1, -0.05) is 49.0 Å². The summed E-state index contributed by atoms with van der Waals surface area (Å²) < 4.78 is 1.41. The van der Waals surface area contributed by atoms with Gasteiger partial charge < -0.3 is 15.1 Å². The maximum Gasteiger partial charge on any atom is 0.267 e. The predicted octanol–water partition coefficient (Wildman–Crippen LogP) is 2.53. The van der Waals surface area contributed by atoms with Crippen molar-refractivity contribution < 1.29 is 15.0 Å². The zero-order valence-electron chi connectivity index (χ0n) is 18.3. The number of aliphatic hydroxyl groups excluding tert-OH is 1. The molecule has 3 rings (SSSR count). The van der Waals surface area contributed by atoms with E-state index in [1.54, 1.807) is 18.7 Å². The number of hydrogen-bond donors (Lipinski definition) is 2. The topological polar surface area (TPSA) is 95.7 Å². The molecule has 1 aliphatic rings. The van der Waals surface area contributed by atoms with E-state index in [9.17, 15) is 19.8 Å². The Balaban J connectivity index is 1.61. The van der Waals surface area contributed by atoms with E-state index in [0.717, 1.165) is 17.3 Å². The second kappa shape index (κ2) is 9.97. The van der Waals surface area contributed by atoms with Gasteiger partial charge in [-0.3, -0.25) is 14.2 Å². The molecule has 1 saturated heterocycles. The smallest absolute Gasteiger partial charge is 0.267 e. The summed E-state index contributed by atoms with van der Waals surface area (Å²) in [5.41, 5.74) is -0.356. The third-order valence-corrected chi connectivity index (χ3v) is 6.87. The number of carbonyl (C=O) groups excluding carboxylic acids is 1. The minimum atomic E-state index is -1.07. The Hall–Kier alpha value is -2.16. The van der Waals surface area contributed by atoms with Crippen LogP contribution in [0, 0.1) is 6.92 Å². The molecule has 1 unspecified atom stereocenters. The number of aromatic nitrogens is 2. The van der Waals surface area contributed by atoms with E-state index >= 15 is 0 Å². The highest BCUT2D eigenvalue weighted by atomic mass is 32.2. The fourth-order valence-electron chi connectivity index (χ4n) is 3.91. The summed E-state index contributed by atoms with van der Waals surface area (Å²) in [4.78, 5) is 32.0. The van der Waals surface area contributed by atoms with Crippen LogP contribution in [0.5, 0.6) is 0 Å². The maximum absolute atomic E-state index is 12.8. The van der Waals surface area contributed by atoms with Gasteiger partial charge in [0, 0.05) is 19.5 Å². The Bertz CT molecular complexity index is 953. The molecule has 1 aromatic carbocycles. The minimum Gasteiger partial charge on any atom is -0.388 e. The van der Waals surface area contributed by atoms with Crippen molar-refractivity contribution in [3.8, 4) is 0 Å². The summed E-state index contributed by atoms with van der Waals surface area (Å²) in [6.45, 7) is 6.41. The lowest BCUT2D eigenvalue weighted by Gasteiger charge is -2.38. The molecule has 7 nitrogen and oxygen atoms in total. The summed E-state index contributed by atoms with van der Waals surface area (Å²) in [5, 5.41) is 20.7. The van der Waals surface area contributed by atoms with Gasteiger partial charge in [-0.15, -0.1) is 0 Å². The molecular formula is C23H31N3O4S. The van der Waals surface area contributed by atoms with Crippen LogP contribution in [-0.4, -0.2) is 54.7 Å². The lowest BCUT2D eigenvalue weighted by molar-refractivity contribution is -0.136. The molecule has 31 heavy (non-hydrogen) atoms. The van der Waals surface area contributed by atoms with E-state index in [1.807, 2.05) is 37.3 Å². The lowest BCUT2D eigenvalue weighted by atomic mass is 9.90. The van der Waals surface area contributed by atoms with Crippen molar-refractivity contribution in [2.24, 2.45) is 0 Å². The molecule has 0 bridgehead atoms. The number of aryl methyl sites for hydroxylation is 1. The van der Waals surface area contributed by atoms with Gasteiger partial charge in [0.1, 0.15) is 5.44 Å². The van der Waals surface area contributed by atoms with Crippen molar-refractivity contribution in [3.63, 3.8) is 0 Å². The summed E-state index contributed by atoms with van der Waals surface area (Å²) in [6.07, 6.45) is 2.68. The molecule has 1 amide bonds. The van der Waals surface area contributed by atoms with Gasteiger partial charge in [-0.05, 0) is 38.2 Å². The third-order valence-electron chi connectivity index (χ3n) is 5.82. The number of aliphatic hydroxyl groups is 2. The molecule has 0 aliphatic carbocycles. The monoisotopic (exact) mass is 445 g/mol. The number of benzene rings is 1. The first kappa shape index (κ1) is 23.5. The summed E-state index contributed by atoms with van der Waals surface area (Å²) in [6, 6.07) is 9.98. The van der Waals surface area contributed by atoms with Crippen LogP contribution in [0.1, 0.15) is 50.3 Å². The molecule has 2 N–H and O–H groups in total. The van der Waals surface area contributed by atoms with E-state index in [-0.39, 0.29) is 23.9 Å². The Morgan fingerprint density at radius 3 is 2.48 bits per heavy atom. The molecule has 0 radical (unpaired) electrons. The molecule has 2 aromatic rings. The number of piperidine rings is 1. The largest absolute Gasteiger partial charge is 0.388 e. The minimum absolute atomic E-state index is 0.0863. The van der Waals surface area contributed by atoms with Gasteiger partial charge >= 0.3 is 0 Å². The van der Waals surface area contributed by atoms with Gasteiger partial charge in [-0.2, -0.15) is 0 Å². The van der Waals surface area contributed by atoms with Gasteiger partial charge in [0.05, 0.1) is 29.1 Å². The van der Waals surface area contributed by atoms with Gasteiger partial charge in [0.2, 0.25) is 5.91 Å². The van der Waals surface area contributed by atoms with Crippen molar-refractivity contribution in [3.05, 3.63) is 58.3 Å². The number of likely N-dealkylation sites (tertiary alicyclic amines) is 1. The van der Waals surface area contributed by atoms with E-state index in [4.69, 9.17) is 0 Å². The highest BCUT2D eigenvalue weighted by molar-refractivity contribution is 7.99. The second-order valence-corrected chi connectivity index (χ2v) is 9.76. The van der Waals surface area contributed by atoms with Crippen molar-refractivity contribution >= 4 is 17.7 Å². The van der Waals surface area contributed by atoms with Crippen LogP contribution in [0.2, 0.25) is 0 Å². The van der Waals surface area contributed by atoms with E-state index in [2.05, 4.69) is 4.98 Å². The zero-order valence-corrected chi connectivity index (χ0v) is 19.1. The van der Waals surface area contributed by atoms with Crippen LogP contribution in [-0.2, 0) is 11.3 Å². The molecule has 2 heterocycles. The molecule has 2 atom stereocenters. The van der Waals surface area contributed by atoms with E-state index < -0.39 is 11.0 Å². The van der Waals surface area contributed by atoms with Crippen molar-refractivity contribution in [2.45, 2.75) is 68.4 Å². The number of carbonyl (C=O) groups is 1. The first-order chi connectivity index (χ1) is 14.7.